The van der Waals surface area contributed by atoms with Crippen molar-refractivity contribution >= 4 is 22.8 Å². The molecule has 27 heavy (non-hydrogen) atoms. The molecule has 0 spiro atoms. The molecule has 1 aliphatic heterocycles. The first-order valence-electron chi connectivity index (χ1n) is 8.91. The molecule has 0 amide bonds. The molecule has 4 aromatic heterocycles. The van der Waals surface area contributed by atoms with Gasteiger partial charge in [-0.05, 0) is 30.5 Å². The molecule has 1 fully saturated rings. The molecular weight excluding hydrogens is 362 g/mol. The highest BCUT2D eigenvalue weighted by atomic mass is 32.1. The van der Waals surface area contributed by atoms with Crippen molar-refractivity contribution in [2.24, 2.45) is 0 Å². The summed E-state index contributed by atoms with van der Waals surface area (Å²) in [6.07, 6.45) is 0. The Hall–Kier alpha value is -2.78. The molecule has 0 unspecified atom stereocenters. The van der Waals surface area contributed by atoms with E-state index in [9.17, 15) is 0 Å². The zero-order valence-electron chi connectivity index (χ0n) is 14.9. The van der Waals surface area contributed by atoms with Crippen molar-refractivity contribution in [1.82, 2.24) is 29.9 Å². The third kappa shape index (κ3) is 3.19. The summed E-state index contributed by atoms with van der Waals surface area (Å²) in [7, 11) is 0. The first-order valence-corrected chi connectivity index (χ1v) is 9.85. The minimum Gasteiger partial charge on any atom is -0.360 e. The lowest BCUT2D eigenvalue weighted by Gasteiger charge is -2.34. The molecule has 9 heteroatoms. The van der Waals surface area contributed by atoms with E-state index >= 15 is 0 Å². The van der Waals surface area contributed by atoms with Crippen LogP contribution < -0.4 is 4.90 Å². The van der Waals surface area contributed by atoms with Crippen LogP contribution in [-0.2, 0) is 6.54 Å². The maximum atomic E-state index is 5.33. The average Bonchev–Trinajstić information content (AvgIpc) is 3.42. The Kier molecular flexibility index (Phi) is 4.10. The van der Waals surface area contributed by atoms with E-state index in [1.54, 1.807) is 11.3 Å². The quantitative estimate of drug-likeness (QED) is 0.537. The molecule has 0 saturated carbocycles. The number of rotatable bonds is 4. The lowest BCUT2D eigenvalue weighted by molar-refractivity contribution is 0.219. The van der Waals surface area contributed by atoms with Crippen molar-refractivity contribution in [2.45, 2.75) is 13.5 Å². The van der Waals surface area contributed by atoms with Crippen molar-refractivity contribution in [3.8, 4) is 11.4 Å². The predicted molar refractivity (Wildman–Crippen MR) is 103 cm³/mol. The second-order valence-corrected chi connectivity index (χ2v) is 7.48. The molecule has 1 saturated heterocycles. The lowest BCUT2D eigenvalue weighted by atomic mass is 10.3. The van der Waals surface area contributed by atoms with Gasteiger partial charge in [-0.25, -0.2) is 0 Å². The van der Waals surface area contributed by atoms with Crippen molar-refractivity contribution < 1.29 is 4.52 Å². The molecule has 138 valence electrons. The highest BCUT2D eigenvalue weighted by Crippen LogP contribution is 2.22. The van der Waals surface area contributed by atoms with Crippen LogP contribution in [0.2, 0.25) is 0 Å². The SMILES string of the molecule is Cc1cc(CN2CCN(c3ccc4nnc(-c5ccsc5)n4n3)CC2)on1. The second-order valence-electron chi connectivity index (χ2n) is 6.69. The van der Waals surface area contributed by atoms with Crippen LogP contribution in [0.15, 0.2) is 39.5 Å². The maximum Gasteiger partial charge on any atom is 0.186 e. The summed E-state index contributed by atoms with van der Waals surface area (Å²) in [6, 6.07) is 8.05. The third-order valence-electron chi connectivity index (χ3n) is 4.78. The van der Waals surface area contributed by atoms with Crippen molar-refractivity contribution in [3.05, 3.63) is 46.5 Å². The number of hydrogen-bond acceptors (Lipinski definition) is 8. The molecule has 0 atom stereocenters. The van der Waals surface area contributed by atoms with Gasteiger partial charge in [-0.1, -0.05) is 5.16 Å². The van der Waals surface area contributed by atoms with Gasteiger partial charge in [-0.3, -0.25) is 4.90 Å². The molecule has 5 rings (SSSR count). The van der Waals surface area contributed by atoms with E-state index in [-0.39, 0.29) is 0 Å². The molecule has 0 aromatic carbocycles. The monoisotopic (exact) mass is 381 g/mol. The smallest absolute Gasteiger partial charge is 0.186 e. The molecule has 8 nitrogen and oxygen atoms in total. The van der Waals surface area contributed by atoms with E-state index in [0.29, 0.717) is 0 Å². The summed E-state index contributed by atoms with van der Waals surface area (Å²) in [6.45, 7) is 6.50. The van der Waals surface area contributed by atoms with Gasteiger partial charge in [0.05, 0.1) is 12.2 Å². The first-order chi connectivity index (χ1) is 13.3. The minimum absolute atomic E-state index is 0.763. The first kappa shape index (κ1) is 16.4. The summed E-state index contributed by atoms with van der Waals surface area (Å²) in [5, 5.41) is 21.4. The summed E-state index contributed by atoms with van der Waals surface area (Å²) in [5.74, 6) is 2.66. The van der Waals surface area contributed by atoms with Crippen LogP contribution in [0.5, 0.6) is 0 Å². The molecule has 0 N–H and O–H groups in total. The Morgan fingerprint density at radius 3 is 2.74 bits per heavy atom. The molecule has 0 radical (unpaired) electrons. The number of nitrogens with zero attached hydrogens (tertiary/aromatic N) is 7. The highest BCUT2D eigenvalue weighted by molar-refractivity contribution is 7.08. The van der Waals surface area contributed by atoms with Crippen LogP contribution in [0.25, 0.3) is 17.0 Å². The number of aryl methyl sites for hydroxylation is 1. The van der Waals surface area contributed by atoms with Gasteiger partial charge < -0.3 is 9.42 Å². The van der Waals surface area contributed by atoms with Crippen LogP contribution in [0.3, 0.4) is 0 Å². The van der Waals surface area contributed by atoms with Gasteiger partial charge in [-0.15, -0.1) is 15.3 Å². The van der Waals surface area contributed by atoms with Crippen LogP contribution in [0.4, 0.5) is 5.82 Å². The summed E-state index contributed by atoms with van der Waals surface area (Å²) < 4.78 is 7.17. The van der Waals surface area contributed by atoms with Crippen LogP contribution in [-0.4, -0.2) is 56.0 Å². The molecule has 5 heterocycles. The zero-order valence-corrected chi connectivity index (χ0v) is 15.8. The van der Waals surface area contributed by atoms with Gasteiger partial charge >= 0.3 is 0 Å². The van der Waals surface area contributed by atoms with Gasteiger partial charge in [0.1, 0.15) is 5.82 Å². The fourth-order valence-corrected chi connectivity index (χ4v) is 4.00. The van der Waals surface area contributed by atoms with E-state index < -0.39 is 0 Å². The number of aromatic nitrogens is 5. The number of anilines is 1. The summed E-state index contributed by atoms with van der Waals surface area (Å²) in [4.78, 5) is 4.68. The fraction of sp³-hybridized carbons (Fsp3) is 0.333. The van der Waals surface area contributed by atoms with Crippen molar-refractivity contribution in [1.29, 1.82) is 0 Å². The largest absolute Gasteiger partial charge is 0.360 e. The number of thiophene rings is 1. The summed E-state index contributed by atoms with van der Waals surface area (Å²) in [5.41, 5.74) is 2.74. The molecule has 1 aliphatic rings. The third-order valence-corrected chi connectivity index (χ3v) is 5.46. The van der Waals surface area contributed by atoms with E-state index in [1.807, 2.05) is 41.1 Å². The van der Waals surface area contributed by atoms with E-state index in [2.05, 4.69) is 30.5 Å². The normalized spacial score (nSPS) is 15.7. The van der Waals surface area contributed by atoms with E-state index in [0.717, 1.165) is 67.0 Å². The van der Waals surface area contributed by atoms with Crippen LogP contribution in [0.1, 0.15) is 11.5 Å². The van der Waals surface area contributed by atoms with Crippen molar-refractivity contribution in [3.63, 3.8) is 0 Å². The molecule has 4 aromatic rings. The van der Waals surface area contributed by atoms with Gasteiger partial charge in [0.2, 0.25) is 0 Å². The van der Waals surface area contributed by atoms with E-state index in [1.165, 1.54) is 0 Å². The molecule has 0 bridgehead atoms. The van der Waals surface area contributed by atoms with Gasteiger partial charge in [-0.2, -0.15) is 15.9 Å². The number of hydrogen-bond donors (Lipinski definition) is 0. The fourth-order valence-electron chi connectivity index (χ4n) is 3.37. The van der Waals surface area contributed by atoms with Crippen LogP contribution >= 0.6 is 11.3 Å². The minimum atomic E-state index is 0.763. The topological polar surface area (TPSA) is 75.6 Å². The molecular formula is C18H19N7OS. The van der Waals surface area contributed by atoms with Gasteiger partial charge in [0.25, 0.3) is 0 Å². The molecule has 0 aliphatic carbocycles. The average molecular weight is 381 g/mol. The predicted octanol–water partition coefficient (Wildman–Crippen LogP) is 2.47. The Labute approximate surface area is 160 Å². The lowest BCUT2D eigenvalue weighted by Crippen LogP contribution is -2.46. The van der Waals surface area contributed by atoms with Crippen molar-refractivity contribution in [2.75, 3.05) is 31.1 Å². The summed E-state index contributed by atoms with van der Waals surface area (Å²) >= 11 is 1.64. The Bertz CT molecular complexity index is 1050. The van der Waals surface area contributed by atoms with Gasteiger partial charge in [0.15, 0.2) is 17.2 Å². The van der Waals surface area contributed by atoms with Gasteiger partial charge in [0, 0.05) is 43.2 Å². The van der Waals surface area contributed by atoms with E-state index in [4.69, 9.17) is 9.62 Å². The Balaban J connectivity index is 1.32. The maximum absolute atomic E-state index is 5.33. The zero-order chi connectivity index (χ0) is 18.2. The van der Waals surface area contributed by atoms with Crippen LogP contribution in [0, 0.1) is 6.92 Å². The highest BCUT2D eigenvalue weighted by Gasteiger charge is 2.20. The Morgan fingerprint density at radius 1 is 1.11 bits per heavy atom. The Morgan fingerprint density at radius 2 is 2.00 bits per heavy atom. The standard InChI is InChI=1S/C18H19N7OS/c1-13-10-15(26-22-13)11-23-5-7-24(8-6-23)17-3-2-16-19-20-18(25(16)21-17)14-4-9-27-12-14/h2-4,9-10,12H,5-8,11H2,1H3. The number of fused-ring (bicyclic) bond motifs is 1. The number of piperazine rings is 1. The second kappa shape index (κ2) is 6.75.